The predicted octanol–water partition coefficient (Wildman–Crippen LogP) is 3.56. The van der Waals surface area contributed by atoms with Crippen molar-refractivity contribution < 1.29 is 31.9 Å². The molecule has 1 heterocycles. The molecule has 0 N–H and O–H groups in total. The maximum absolute atomic E-state index is 12.7. The molecular weight excluding hydrogens is 446 g/mol. The number of ketones is 1. The monoisotopic (exact) mass is 471 g/mol. The summed E-state index contributed by atoms with van der Waals surface area (Å²) in [7, 11) is -2.24. The van der Waals surface area contributed by atoms with Gasteiger partial charge < -0.3 is 13.9 Å². The standard InChI is InChI=1S/C24H25NO7S/c1-4-31-24(27)19-9-5-7-17(11-19)12-20(26)14-33(28,29)15-22-16(2)32-23(25-22)18-8-6-10-21(13-18)30-3/h5-11,13H,4,12,14-15H2,1-3H3. The molecule has 0 fully saturated rings. The number of nitrogens with zero attached hydrogens (tertiary/aromatic N) is 1. The molecule has 3 rings (SSSR count). The van der Waals surface area contributed by atoms with E-state index in [-0.39, 0.29) is 24.6 Å². The normalized spacial score (nSPS) is 11.2. The largest absolute Gasteiger partial charge is 0.497 e. The third-order valence-electron chi connectivity index (χ3n) is 4.79. The number of esters is 1. The highest BCUT2D eigenvalue weighted by Crippen LogP contribution is 2.26. The molecule has 0 aliphatic heterocycles. The molecule has 0 saturated heterocycles. The van der Waals surface area contributed by atoms with Crippen LogP contribution in [0.2, 0.25) is 0 Å². The van der Waals surface area contributed by atoms with Crippen molar-refractivity contribution >= 4 is 21.6 Å². The Balaban J connectivity index is 1.68. The first-order chi connectivity index (χ1) is 15.7. The van der Waals surface area contributed by atoms with Crippen LogP contribution in [0.15, 0.2) is 52.9 Å². The van der Waals surface area contributed by atoms with E-state index >= 15 is 0 Å². The van der Waals surface area contributed by atoms with Crippen molar-refractivity contribution in [2.45, 2.75) is 26.0 Å². The van der Waals surface area contributed by atoms with E-state index in [1.54, 1.807) is 63.4 Å². The fourth-order valence-corrected chi connectivity index (χ4v) is 4.63. The zero-order valence-electron chi connectivity index (χ0n) is 18.7. The molecule has 0 bridgehead atoms. The van der Waals surface area contributed by atoms with E-state index in [0.29, 0.717) is 28.2 Å². The number of oxazole rings is 1. The molecule has 0 spiro atoms. The van der Waals surface area contributed by atoms with Crippen LogP contribution >= 0.6 is 0 Å². The number of methoxy groups -OCH3 is 1. The van der Waals surface area contributed by atoms with Crippen molar-refractivity contribution in [1.29, 1.82) is 0 Å². The Hall–Kier alpha value is -3.46. The van der Waals surface area contributed by atoms with Crippen LogP contribution in [-0.4, -0.2) is 44.6 Å². The molecule has 0 aliphatic carbocycles. The fraction of sp³-hybridized carbons (Fsp3) is 0.292. The third-order valence-corrected chi connectivity index (χ3v) is 6.26. The number of hydrogen-bond donors (Lipinski definition) is 0. The molecule has 8 nitrogen and oxygen atoms in total. The number of sulfone groups is 1. The highest BCUT2D eigenvalue weighted by Gasteiger charge is 2.22. The van der Waals surface area contributed by atoms with Crippen molar-refractivity contribution in [3.05, 3.63) is 71.1 Å². The van der Waals surface area contributed by atoms with Crippen LogP contribution in [0.5, 0.6) is 5.75 Å². The Bertz CT molecular complexity index is 1260. The van der Waals surface area contributed by atoms with E-state index in [0.717, 1.165) is 0 Å². The fourth-order valence-electron chi connectivity index (χ4n) is 3.25. The van der Waals surface area contributed by atoms with Gasteiger partial charge in [0.15, 0.2) is 15.6 Å². The number of carbonyl (C=O) groups is 2. The zero-order chi connectivity index (χ0) is 24.0. The van der Waals surface area contributed by atoms with Gasteiger partial charge in [-0.25, -0.2) is 18.2 Å². The molecule has 0 atom stereocenters. The summed E-state index contributed by atoms with van der Waals surface area (Å²) in [6.07, 6.45) is -0.112. The minimum absolute atomic E-state index is 0.112. The van der Waals surface area contributed by atoms with Crippen LogP contribution in [0.4, 0.5) is 0 Å². The summed E-state index contributed by atoms with van der Waals surface area (Å²) >= 11 is 0. The van der Waals surface area contributed by atoms with Gasteiger partial charge in [0.1, 0.15) is 17.3 Å². The molecule has 0 unspecified atom stereocenters. The molecule has 3 aromatic rings. The minimum atomic E-state index is -3.78. The topological polar surface area (TPSA) is 113 Å². The number of aryl methyl sites for hydroxylation is 1. The summed E-state index contributed by atoms with van der Waals surface area (Å²) in [5.74, 6) is -0.768. The molecule has 0 radical (unpaired) electrons. The van der Waals surface area contributed by atoms with Gasteiger partial charge in [-0.3, -0.25) is 4.79 Å². The summed E-state index contributed by atoms with van der Waals surface area (Å²) in [6, 6.07) is 13.5. The Morgan fingerprint density at radius 2 is 1.85 bits per heavy atom. The summed E-state index contributed by atoms with van der Waals surface area (Å²) in [4.78, 5) is 28.6. The minimum Gasteiger partial charge on any atom is -0.497 e. The molecule has 0 saturated carbocycles. The first kappa shape index (κ1) is 24.2. The van der Waals surface area contributed by atoms with Gasteiger partial charge in [0.05, 0.1) is 30.7 Å². The number of rotatable bonds is 10. The predicted molar refractivity (Wildman–Crippen MR) is 122 cm³/mol. The van der Waals surface area contributed by atoms with E-state index in [9.17, 15) is 18.0 Å². The van der Waals surface area contributed by atoms with E-state index in [2.05, 4.69) is 4.98 Å². The molecule has 174 valence electrons. The van der Waals surface area contributed by atoms with Gasteiger partial charge in [-0.05, 0) is 49.7 Å². The Kier molecular flexibility index (Phi) is 7.65. The Labute approximate surface area is 192 Å². The molecule has 33 heavy (non-hydrogen) atoms. The van der Waals surface area contributed by atoms with Crippen molar-refractivity contribution in [2.24, 2.45) is 0 Å². The lowest BCUT2D eigenvalue weighted by atomic mass is 10.1. The molecule has 9 heteroatoms. The SMILES string of the molecule is CCOC(=O)c1cccc(CC(=O)CS(=O)(=O)Cc2nc(-c3cccc(OC)c3)oc2C)c1. The van der Waals surface area contributed by atoms with Crippen LogP contribution in [0, 0.1) is 6.92 Å². The summed E-state index contributed by atoms with van der Waals surface area (Å²) < 4.78 is 41.1. The first-order valence-corrected chi connectivity index (χ1v) is 12.1. The highest BCUT2D eigenvalue weighted by atomic mass is 32.2. The molecule has 0 aliphatic rings. The van der Waals surface area contributed by atoms with Crippen molar-refractivity contribution in [3.63, 3.8) is 0 Å². The smallest absolute Gasteiger partial charge is 0.338 e. The number of Topliss-reactive ketones (excluding diaryl/α,β-unsaturated/α-hetero) is 1. The maximum atomic E-state index is 12.7. The third kappa shape index (κ3) is 6.52. The van der Waals surface area contributed by atoms with E-state index < -0.39 is 33.1 Å². The zero-order valence-corrected chi connectivity index (χ0v) is 19.5. The Morgan fingerprint density at radius 3 is 2.58 bits per heavy atom. The van der Waals surface area contributed by atoms with Gasteiger partial charge in [0, 0.05) is 12.0 Å². The van der Waals surface area contributed by atoms with Gasteiger partial charge in [-0.1, -0.05) is 18.2 Å². The molecule has 2 aromatic carbocycles. The Morgan fingerprint density at radius 1 is 1.09 bits per heavy atom. The van der Waals surface area contributed by atoms with Crippen LogP contribution < -0.4 is 4.74 Å². The van der Waals surface area contributed by atoms with Crippen LogP contribution in [0.25, 0.3) is 11.5 Å². The van der Waals surface area contributed by atoms with Crippen molar-refractivity contribution in [2.75, 3.05) is 19.5 Å². The van der Waals surface area contributed by atoms with Crippen LogP contribution in [0.3, 0.4) is 0 Å². The van der Waals surface area contributed by atoms with E-state index in [1.807, 2.05) is 0 Å². The second-order valence-corrected chi connectivity index (χ2v) is 9.49. The number of carbonyl (C=O) groups excluding carboxylic acids is 2. The number of hydrogen-bond acceptors (Lipinski definition) is 8. The van der Waals surface area contributed by atoms with Gasteiger partial charge in [-0.15, -0.1) is 0 Å². The second kappa shape index (κ2) is 10.4. The van der Waals surface area contributed by atoms with Crippen LogP contribution in [0.1, 0.15) is 34.3 Å². The quantitative estimate of drug-likeness (QED) is 0.413. The summed E-state index contributed by atoms with van der Waals surface area (Å²) in [6.45, 7) is 3.57. The second-order valence-electron chi connectivity index (χ2n) is 7.42. The van der Waals surface area contributed by atoms with Crippen LogP contribution in [-0.2, 0) is 31.5 Å². The molecular formula is C24H25NO7S. The average molecular weight is 472 g/mol. The van der Waals surface area contributed by atoms with Crippen molar-refractivity contribution in [3.8, 4) is 17.2 Å². The first-order valence-electron chi connectivity index (χ1n) is 10.3. The van der Waals surface area contributed by atoms with Gasteiger partial charge in [-0.2, -0.15) is 0 Å². The number of ether oxygens (including phenoxy) is 2. The van der Waals surface area contributed by atoms with Gasteiger partial charge in [0.2, 0.25) is 5.89 Å². The molecule has 0 amide bonds. The number of benzene rings is 2. The summed E-state index contributed by atoms with van der Waals surface area (Å²) in [5, 5.41) is 0. The van der Waals surface area contributed by atoms with Crippen molar-refractivity contribution in [1.82, 2.24) is 4.98 Å². The van der Waals surface area contributed by atoms with E-state index in [4.69, 9.17) is 13.9 Å². The number of aromatic nitrogens is 1. The van der Waals surface area contributed by atoms with Gasteiger partial charge in [0.25, 0.3) is 0 Å². The van der Waals surface area contributed by atoms with E-state index in [1.165, 1.54) is 6.07 Å². The van der Waals surface area contributed by atoms with Gasteiger partial charge >= 0.3 is 5.97 Å². The molecule has 1 aromatic heterocycles. The highest BCUT2D eigenvalue weighted by molar-refractivity contribution is 7.91. The lowest BCUT2D eigenvalue weighted by molar-refractivity contribution is -0.116. The average Bonchev–Trinajstić information content (AvgIpc) is 3.13. The summed E-state index contributed by atoms with van der Waals surface area (Å²) in [5.41, 5.74) is 1.76. The maximum Gasteiger partial charge on any atom is 0.338 e. The lowest BCUT2D eigenvalue weighted by Crippen LogP contribution is -2.20. The lowest BCUT2D eigenvalue weighted by Gasteiger charge is -2.06.